The molecule has 0 aromatic heterocycles. The van der Waals surface area contributed by atoms with Gasteiger partial charge in [0.05, 0.1) is 4.90 Å². The molecule has 0 heterocycles. The molecule has 1 N–H and O–H groups in total. The summed E-state index contributed by atoms with van der Waals surface area (Å²) in [6.07, 6.45) is 1.50. The average Bonchev–Trinajstić information content (AvgIpc) is 2.36. The molecule has 0 radical (unpaired) electrons. The van der Waals surface area contributed by atoms with E-state index < -0.39 is 15.6 Å². The molecule has 0 aliphatic rings. The molecule has 3 nitrogen and oxygen atoms in total. The van der Waals surface area contributed by atoms with Gasteiger partial charge in [-0.1, -0.05) is 41.9 Å². The van der Waals surface area contributed by atoms with Gasteiger partial charge in [-0.15, -0.1) is 0 Å². The molecule has 0 amide bonds. The fourth-order valence-corrected chi connectivity index (χ4v) is 4.50. The number of alkyl halides is 1. The Hall–Kier alpha value is -0.390. The van der Waals surface area contributed by atoms with E-state index in [0.717, 1.165) is 18.4 Å². The van der Waals surface area contributed by atoms with Gasteiger partial charge >= 0.3 is 0 Å². The third-order valence-electron chi connectivity index (χ3n) is 3.26. The van der Waals surface area contributed by atoms with Crippen molar-refractivity contribution in [1.82, 2.24) is 4.72 Å². The number of nitrogens with one attached hydrogen (secondary N) is 1. The predicted molar refractivity (Wildman–Crippen MR) is 78.6 cm³/mol. The Morgan fingerprint density at radius 1 is 1.28 bits per heavy atom. The van der Waals surface area contributed by atoms with Gasteiger partial charge in [-0.05, 0) is 37.5 Å². The van der Waals surface area contributed by atoms with Gasteiger partial charge in [0.25, 0.3) is 0 Å². The van der Waals surface area contributed by atoms with Crippen molar-refractivity contribution in [2.24, 2.45) is 0 Å². The summed E-state index contributed by atoms with van der Waals surface area (Å²) in [7, 11) is -3.46. The minimum Gasteiger partial charge on any atom is -0.207 e. The summed E-state index contributed by atoms with van der Waals surface area (Å²) >= 11 is 3.41. The standard InChI is InChI=1S/C13H20BrNO2S/c1-4-13(5-2,10-14)15-18(16,17)12-8-6-7-11(3)9-12/h6-9,15H,4-5,10H2,1-3H3. The fraction of sp³-hybridized carbons (Fsp3) is 0.538. The van der Waals surface area contributed by atoms with Gasteiger partial charge < -0.3 is 0 Å². The average molecular weight is 334 g/mol. The van der Waals surface area contributed by atoms with Gasteiger partial charge in [0.2, 0.25) is 10.0 Å². The molecular weight excluding hydrogens is 314 g/mol. The van der Waals surface area contributed by atoms with E-state index in [2.05, 4.69) is 20.7 Å². The number of hydrogen-bond donors (Lipinski definition) is 1. The molecule has 0 spiro atoms. The SMILES string of the molecule is CCC(CC)(CBr)NS(=O)(=O)c1cccc(C)c1. The summed E-state index contributed by atoms with van der Waals surface area (Å²) in [5.41, 5.74) is 0.526. The molecule has 1 aromatic carbocycles. The van der Waals surface area contributed by atoms with Crippen LogP contribution >= 0.6 is 15.9 Å². The molecule has 5 heteroatoms. The van der Waals surface area contributed by atoms with Crippen molar-refractivity contribution in [2.75, 3.05) is 5.33 Å². The van der Waals surface area contributed by atoms with E-state index in [4.69, 9.17) is 0 Å². The Bertz CT molecular complexity index is 487. The number of rotatable bonds is 6. The Morgan fingerprint density at radius 2 is 1.89 bits per heavy atom. The van der Waals surface area contributed by atoms with Gasteiger partial charge in [-0.25, -0.2) is 13.1 Å². The van der Waals surface area contributed by atoms with Crippen molar-refractivity contribution in [3.63, 3.8) is 0 Å². The molecular formula is C13H20BrNO2S. The first kappa shape index (κ1) is 15.7. The van der Waals surface area contributed by atoms with Crippen molar-refractivity contribution in [1.29, 1.82) is 0 Å². The van der Waals surface area contributed by atoms with E-state index in [1.165, 1.54) is 0 Å². The number of halogens is 1. The minimum atomic E-state index is -3.46. The smallest absolute Gasteiger partial charge is 0.207 e. The van der Waals surface area contributed by atoms with E-state index in [9.17, 15) is 8.42 Å². The first-order valence-electron chi connectivity index (χ1n) is 6.06. The number of sulfonamides is 1. The van der Waals surface area contributed by atoms with E-state index in [1.807, 2.05) is 26.8 Å². The van der Waals surface area contributed by atoms with Crippen molar-refractivity contribution in [3.8, 4) is 0 Å². The number of aryl methyl sites for hydroxylation is 1. The van der Waals surface area contributed by atoms with Crippen LogP contribution in [0.4, 0.5) is 0 Å². The summed E-state index contributed by atoms with van der Waals surface area (Å²) < 4.78 is 27.5. The number of hydrogen-bond acceptors (Lipinski definition) is 2. The molecule has 0 saturated heterocycles. The molecule has 0 atom stereocenters. The Balaban J connectivity index is 3.08. The van der Waals surface area contributed by atoms with Gasteiger partial charge in [-0.2, -0.15) is 0 Å². The van der Waals surface area contributed by atoms with Crippen molar-refractivity contribution in [3.05, 3.63) is 29.8 Å². The third-order valence-corrected chi connectivity index (χ3v) is 5.91. The molecule has 1 aromatic rings. The highest BCUT2D eigenvalue weighted by Gasteiger charge is 2.30. The molecule has 0 saturated carbocycles. The van der Waals surface area contributed by atoms with Crippen LogP contribution in [0.15, 0.2) is 29.2 Å². The topological polar surface area (TPSA) is 46.2 Å². The quantitative estimate of drug-likeness (QED) is 0.812. The Labute approximate surface area is 118 Å². The van der Waals surface area contributed by atoms with Crippen LogP contribution < -0.4 is 4.72 Å². The Morgan fingerprint density at radius 3 is 2.33 bits per heavy atom. The van der Waals surface area contributed by atoms with Gasteiger partial charge in [0, 0.05) is 10.9 Å². The van der Waals surface area contributed by atoms with Crippen LogP contribution in [0.5, 0.6) is 0 Å². The lowest BCUT2D eigenvalue weighted by atomic mass is 9.97. The zero-order valence-corrected chi connectivity index (χ0v) is 13.4. The first-order valence-corrected chi connectivity index (χ1v) is 8.66. The summed E-state index contributed by atoms with van der Waals surface area (Å²) in [6.45, 7) is 5.86. The molecule has 0 bridgehead atoms. The van der Waals surface area contributed by atoms with E-state index in [-0.39, 0.29) is 0 Å². The minimum absolute atomic E-state index is 0.328. The normalized spacial score (nSPS) is 12.7. The molecule has 0 aliphatic heterocycles. The maximum atomic E-state index is 12.3. The predicted octanol–water partition coefficient (Wildman–Crippen LogP) is 3.23. The highest BCUT2D eigenvalue weighted by atomic mass is 79.9. The Kier molecular flexibility index (Phi) is 5.37. The lowest BCUT2D eigenvalue weighted by Gasteiger charge is -2.30. The second-order valence-corrected chi connectivity index (χ2v) is 6.79. The third kappa shape index (κ3) is 3.56. The van der Waals surface area contributed by atoms with E-state index >= 15 is 0 Å². The molecule has 102 valence electrons. The highest BCUT2D eigenvalue weighted by Crippen LogP contribution is 2.22. The second kappa shape index (κ2) is 6.17. The lowest BCUT2D eigenvalue weighted by Crippen LogP contribution is -2.48. The second-order valence-electron chi connectivity index (χ2n) is 4.54. The van der Waals surface area contributed by atoms with Gasteiger partial charge in [-0.3, -0.25) is 0 Å². The highest BCUT2D eigenvalue weighted by molar-refractivity contribution is 9.09. The molecule has 18 heavy (non-hydrogen) atoms. The lowest BCUT2D eigenvalue weighted by molar-refractivity contribution is 0.398. The number of benzene rings is 1. The van der Waals surface area contributed by atoms with Crippen molar-refractivity contribution in [2.45, 2.75) is 44.0 Å². The molecule has 0 fully saturated rings. The van der Waals surface area contributed by atoms with Crippen molar-refractivity contribution < 1.29 is 8.42 Å². The van der Waals surface area contributed by atoms with Crippen LogP contribution in [-0.2, 0) is 10.0 Å². The molecule has 0 unspecified atom stereocenters. The van der Waals surface area contributed by atoms with Crippen LogP contribution in [0.1, 0.15) is 32.3 Å². The fourth-order valence-electron chi connectivity index (χ4n) is 1.74. The summed E-state index contributed by atoms with van der Waals surface area (Å²) in [6, 6.07) is 6.96. The first-order chi connectivity index (χ1) is 8.39. The van der Waals surface area contributed by atoms with Gasteiger partial charge in [0.15, 0.2) is 0 Å². The summed E-state index contributed by atoms with van der Waals surface area (Å²) in [5.74, 6) is 0. The zero-order valence-electron chi connectivity index (χ0n) is 11.0. The van der Waals surface area contributed by atoms with Crippen LogP contribution in [0.3, 0.4) is 0 Å². The maximum Gasteiger partial charge on any atom is 0.241 e. The molecule has 1 rings (SSSR count). The zero-order chi connectivity index (χ0) is 13.8. The van der Waals surface area contributed by atoms with Crippen LogP contribution in [0.2, 0.25) is 0 Å². The summed E-state index contributed by atoms with van der Waals surface area (Å²) in [4.78, 5) is 0.328. The maximum absolute atomic E-state index is 12.3. The van der Waals surface area contributed by atoms with Crippen molar-refractivity contribution >= 4 is 26.0 Å². The molecule has 0 aliphatic carbocycles. The van der Waals surface area contributed by atoms with Crippen LogP contribution in [-0.4, -0.2) is 19.3 Å². The van der Waals surface area contributed by atoms with Crippen LogP contribution in [0, 0.1) is 6.92 Å². The largest absolute Gasteiger partial charge is 0.241 e. The van der Waals surface area contributed by atoms with E-state index in [0.29, 0.717) is 10.2 Å². The van der Waals surface area contributed by atoms with Crippen LogP contribution in [0.25, 0.3) is 0 Å². The monoisotopic (exact) mass is 333 g/mol. The van der Waals surface area contributed by atoms with E-state index in [1.54, 1.807) is 18.2 Å². The summed E-state index contributed by atoms with van der Waals surface area (Å²) in [5, 5.41) is 0.609. The van der Waals surface area contributed by atoms with Gasteiger partial charge in [0.1, 0.15) is 0 Å².